The van der Waals surface area contributed by atoms with Crippen LogP contribution in [-0.4, -0.2) is 45.9 Å². The highest BCUT2D eigenvalue weighted by atomic mass is 16.5. The summed E-state index contributed by atoms with van der Waals surface area (Å²) in [4.78, 5) is 24.7. The van der Waals surface area contributed by atoms with Gasteiger partial charge in [0.25, 0.3) is 0 Å². The first-order chi connectivity index (χ1) is 14.0. The number of carbonyl (C=O) groups excluding carboxylic acids is 2. The fourth-order valence-electron chi connectivity index (χ4n) is 3.93. The van der Waals surface area contributed by atoms with Crippen molar-refractivity contribution in [1.29, 1.82) is 0 Å². The maximum atomic E-state index is 12.9. The van der Waals surface area contributed by atoms with Crippen molar-refractivity contribution >= 4 is 28.5 Å². The molecule has 1 amide bonds. The normalized spacial score (nSPS) is 18.8. The highest BCUT2D eigenvalue weighted by Gasteiger charge is 2.34. The third-order valence-electron chi connectivity index (χ3n) is 5.35. The Morgan fingerprint density at radius 1 is 1.31 bits per heavy atom. The summed E-state index contributed by atoms with van der Waals surface area (Å²) in [6, 6.07) is 7.63. The number of hydrogen-bond donors (Lipinski definition) is 2. The van der Waals surface area contributed by atoms with Crippen LogP contribution in [0.3, 0.4) is 0 Å². The summed E-state index contributed by atoms with van der Waals surface area (Å²) in [6.45, 7) is 3.73. The van der Waals surface area contributed by atoms with Gasteiger partial charge in [0.2, 0.25) is 5.91 Å². The first-order valence-corrected chi connectivity index (χ1v) is 9.80. The minimum absolute atomic E-state index is 0.00541. The van der Waals surface area contributed by atoms with Gasteiger partial charge in [-0.3, -0.25) is 14.3 Å². The Bertz CT molecular complexity index is 1040. The van der Waals surface area contributed by atoms with E-state index in [1.807, 2.05) is 54.5 Å². The number of ether oxygens (including phenoxy) is 1. The van der Waals surface area contributed by atoms with Crippen molar-refractivity contribution in [2.75, 3.05) is 25.0 Å². The molecule has 2 N–H and O–H groups in total. The third kappa shape index (κ3) is 4.02. The molecule has 8 heteroatoms. The molecule has 0 unspecified atom stereocenters. The van der Waals surface area contributed by atoms with Crippen molar-refractivity contribution in [1.82, 2.24) is 19.7 Å². The molecule has 0 spiro atoms. The van der Waals surface area contributed by atoms with E-state index in [1.54, 1.807) is 11.6 Å². The van der Waals surface area contributed by atoms with Gasteiger partial charge in [0.1, 0.15) is 6.54 Å². The van der Waals surface area contributed by atoms with Gasteiger partial charge < -0.3 is 19.9 Å². The number of carbonyl (C=O) groups is 2. The molecule has 1 fully saturated rings. The number of benzene rings is 1. The third-order valence-corrected chi connectivity index (χ3v) is 5.35. The first kappa shape index (κ1) is 19.2. The molecule has 2 aromatic heterocycles. The van der Waals surface area contributed by atoms with Crippen LogP contribution in [0.2, 0.25) is 0 Å². The van der Waals surface area contributed by atoms with Crippen molar-refractivity contribution in [2.24, 2.45) is 13.0 Å². The van der Waals surface area contributed by atoms with Crippen molar-refractivity contribution in [2.45, 2.75) is 19.4 Å². The van der Waals surface area contributed by atoms with E-state index in [4.69, 9.17) is 4.74 Å². The second kappa shape index (κ2) is 8.08. The zero-order valence-electron chi connectivity index (χ0n) is 16.6. The van der Waals surface area contributed by atoms with E-state index in [2.05, 4.69) is 15.7 Å². The largest absolute Gasteiger partial charge is 0.465 e. The van der Waals surface area contributed by atoms with Crippen LogP contribution in [0.25, 0.3) is 10.9 Å². The second-order valence-electron chi connectivity index (χ2n) is 7.33. The van der Waals surface area contributed by atoms with Gasteiger partial charge in [-0.05, 0) is 36.8 Å². The van der Waals surface area contributed by atoms with Crippen molar-refractivity contribution in [3.05, 3.63) is 48.4 Å². The van der Waals surface area contributed by atoms with E-state index >= 15 is 0 Å². The Hall–Kier alpha value is -3.13. The summed E-state index contributed by atoms with van der Waals surface area (Å²) >= 11 is 0. The molecule has 1 aliphatic heterocycles. The van der Waals surface area contributed by atoms with Crippen molar-refractivity contribution in [3.63, 3.8) is 0 Å². The molecule has 1 saturated heterocycles. The van der Waals surface area contributed by atoms with Gasteiger partial charge in [0.05, 0.1) is 18.7 Å². The molecule has 3 aromatic rings. The Morgan fingerprint density at radius 3 is 2.93 bits per heavy atom. The Balaban J connectivity index is 1.47. The number of aryl methyl sites for hydroxylation is 1. The minimum Gasteiger partial charge on any atom is -0.465 e. The molecule has 2 atom stereocenters. The van der Waals surface area contributed by atoms with Gasteiger partial charge >= 0.3 is 5.97 Å². The molecule has 1 aromatic carbocycles. The minimum atomic E-state index is -0.266. The molecule has 3 heterocycles. The summed E-state index contributed by atoms with van der Waals surface area (Å²) in [6.07, 6.45) is 5.65. The second-order valence-corrected chi connectivity index (χ2v) is 7.33. The van der Waals surface area contributed by atoms with Crippen LogP contribution >= 0.6 is 0 Å². The molecule has 8 nitrogen and oxygen atoms in total. The van der Waals surface area contributed by atoms with Crippen LogP contribution in [0.15, 0.2) is 42.9 Å². The lowest BCUT2D eigenvalue weighted by atomic mass is 9.90. The number of fused-ring (bicyclic) bond motifs is 1. The number of anilines is 1. The molecule has 29 heavy (non-hydrogen) atoms. The molecule has 1 aliphatic rings. The summed E-state index contributed by atoms with van der Waals surface area (Å²) in [5, 5.41) is 11.5. The van der Waals surface area contributed by atoms with Gasteiger partial charge in [-0.15, -0.1) is 0 Å². The number of esters is 1. The number of rotatable bonds is 6. The number of nitrogens with zero attached hydrogens (tertiary/aromatic N) is 3. The number of amides is 1. The van der Waals surface area contributed by atoms with Crippen LogP contribution in [-0.2, 0) is 27.9 Å². The first-order valence-electron chi connectivity index (χ1n) is 9.80. The Labute approximate surface area is 168 Å². The van der Waals surface area contributed by atoms with Crippen LogP contribution in [0.5, 0.6) is 0 Å². The average Bonchev–Trinajstić information content (AvgIpc) is 3.41. The number of nitrogens with one attached hydrogen (secondary N) is 2. The lowest BCUT2D eigenvalue weighted by Crippen LogP contribution is -2.28. The van der Waals surface area contributed by atoms with Gasteiger partial charge in [-0.2, -0.15) is 5.10 Å². The van der Waals surface area contributed by atoms with E-state index < -0.39 is 0 Å². The zero-order valence-corrected chi connectivity index (χ0v) is 16.6. The lowest BCUT2D eigenvalue weighted by Gasteiger charge is -2.17. The van der Waals surface area contributed by atoms with Crippen molar-refractivity contribution in [3.8, 4) is 0 Å². The molecular weight excluding hydrogens is 370 g/mol. The van der Waals surface area contributed by atoms with E-state index in [0.717, 1.165) is 28.7 Å². The maximum Gasteiger partial charge on any atom is 0.325 e. The monoisotopic (exact) mass is 395 g/mol. The maximum absolute atomic E-state index is 12.9. The van der Waals surface area contributed by atoms with Crippen LogP contribution in [0, 0.1) is 5.92 Å². The summed E-state index contributed by atoms with van der Waals surface area (Å²) in [5.74, 6) is -0.312. The highest BCUT2D eigenvalue weighted by molar-refractivity contribution is 5.96. The SMILES string of the molecule is CCOC(=O)Cn1ccc2cc(NC(=O)[C@H]3CNC[C@@H]3c3cnn(C)c3)ccc21. The number of aromatic nitrogens is 3. The number of hydrogen-bond acceptors (Lipinski definition) is 5. The predicted molar refractivity (Wildman–Crippen MR) is 110 cm³/mol. The zero-order chi connectivity index (χ0) is 20.4. The predicted octanol–water partition coefficient (Wildman–Crippen LogP) is 1.88. The van der Waals surface area contributed by atoms with Gasteiger partial charge in [0, 0.05) is 55.0 Å². The van der Waals surface area contributed by atoms with E-state index in [9.17, 15) is 9.59 Å². The van der Waals surface area contributed by atoms with E-state index in [-0.39, 0.29) is 30.3 Å². The summed E-state index contributed by atoms with van der Waals surface area (Å²) in [5.41, 5.74) is 2.74. The van der Waals surface area contributed by atoms with E-state index in [0.29, 0.717) is 13.2 Å². The molecule has 0 saturated carbocycles. The molecule has 0 radical (unpaired) electrons. The van der Waals surface area contributed by atoms with E-state index in [1.165, 1.54) is 0 Å². The highest BCUT2D eigenvalue weighted by Crippen LogP contribution is 2.29. The average molecular weight is 395 g/mol. The quantitative estimate of drug-likeness (QED) is 0.622. The fourth-order valence-corrected chi connectivity index (χ4v) is 3.93. The topological polar surface area (TPSA) is 90.2 Å². The van der Waals surface area contributed by atoms with Crippen LogP contribution in [0.4, 0.5) is 5.69 Å². The molecule has 4 rings (SSSR count). The van der Waals surface area contributed by atoms with Gasteiger partial charge in [-0.1, -0.05) is 0 Å². The molecule has 152 valence electrons. The summed E-state index contributed by atoms with van der Waals surface area (Å²) < 4.78 is 8.62. The standard InChI is InChI=1S/C21H25N5O3/c1-3-29-20(27)13-26-7-6-14-8-16(4-5-19(14)26)24-21(28)18-11-22-10-17(18)15-9-23-25(2)12-15/h4-9,12,17-18,22H,3,10-11,13H2,1-2H3,(H,24,28)/t17-,18+/m1/s1. The van der Waals surface area contributed by atoms with Crippen LogP contribution < -0.4 is 10.6 Å². The Kier molecular flexibility index (Phi) is 5.35. The molecule has 0 bridgehead atoms. The molecule has 0 aliphatic carbocycles. The van der Waals surface area contributed by atoms with Crippen molar-refractivity contribution < 1.29 is 14.3 Å². The van der Waals surface area contributed by atoms with Gasteiger partial charge in [-0.25, -0.2) is 0 Å². The summed E-state index contributed by atoms with van der Waals surface area (Å²) in [7, 11) is 1.88. The lowest BCUT2D eigenvalue weighted by molar-refractivity contribution is -0.143. The molecular formula is C21H25N5O3. The van der Waals surface area contributed by atoms with Gasteiger partial charge in [0.15, 0.2) is 0 Å². The van der Waals surface area contributed by atoms with Crippen LogP contribution in [0.1, 0.15) is 18.4 Å². The smallest absolute Gasteiger partial charge is 0.325 e. The fraction of sp³-hybridized carbons (Fsp3) is 0.381. The Morgan fingerprint density at radius 2 is 2.17 bits per heavy atom.